The van der Waals surface area contributed by atoms with E-state index >= 15 is 0 Å². The molecule has 88 valence electrons. The van der Waals surface area contributed by atoms with Crippen molar-refractivity contribution in [3.63, 3.8) is 0 Å². The fourth-order valence-electron chi connectivity index (χ4n) is 1.81. The van der Waals surface area contributed by atoms with Gasteiger partial charge in [-0.2, -0.15) is 4.31 Å². The maximum atomic E-state index is 12.3. The molecule has 0 saturated carbocycles. The molecule has 1 aliphatic heterocycles. The van der Waals surface area contributed by atoms with Crippen molar-refractivity contribution in [3.05, 3.63) is 24.3 Å². The van der Waals surface area contributed by atoms with Crippen LogP contribution in [0.25, 0.3) is 0 Å². The predicted octanol–water partition coefficient (Wildman–Crippen LogP) is 2.41. The summed E-state index contributed by atoms with van der Waals surface area (Å²) in [6, 6.07) is 6.99. The van der Waals surface area contributed by atoms with Gasteiger partial charge in [-0.05, 0) is 25.0 Å². The van der Waals surface area contributed by atoms with Crippen LogP contribution in [0, 0.1) is 0 Å². The highest BCUT2D eigenvalue weighted by Crippen LogP contribution is 2.31. The van der Waals surface area contributed by atoms with Crippen molar-refractivity contribution in [3.8, 4) is 0 Å². The van der Waals surface area contributed by atoms with Crippen molar-refractivity contribution in [2.24, 2.45) is 0 Å². The monoisotopic (exact) mass is 275 g/mol. The van der Waals surface area contributed by atoms with Crippen LogP contribution in [-0.2, 0) is 10.0 Å². The van der Waals surface area contributed by atoms with E-state index in [-0.39, 0.29) is 0 Å². The van der Waals surface area contributed by atoms with E-state index < -0.39 is 10.0 Å². The third kappa shape index (κ3) is 2.25. The van der Waals surface area contributed by atoms with Gasteiger partial charge >= 0.3 is 0 Å². The number of hydrogen-bond acceptors (Lipinski definition) is 4. The molecule has 1 aliphatic rings. The molecule has 1 heterocycles. The van der Waals surface area contributed by atoms with E-state index in [0.29, 0.717) is 22.9 Å². The van der Waals surface area contributed by atoms with Crippen LogP contribution in [0.5, 0.6) is 0 Å². The molecule has 16 heavy (non-hydrogen) atoms. The van der Waals surface area contributed by atoms with Gasteiger partial charge in [0.2, 0.25) is 10.0 Å². The predicted molar refractivity (Wildman–Crippen MR) is 69.3 cm³/mol. The third-order valence-corrected chi connectivity index (χ3v) is 5.86. The second-order valence-corrected chi connectivity index (χ2v) is 6.73. The number of rotatable bonds is 3. The second-order valence-electron chi connectivity index (χ2n) is 3.65. The summed E-state index contributed by atoms with van der Waals surface area (Å²) in [5.74, 6) is 0. The van der Waals surface area contributed by atoms with Crippen molar-refractivity contribution >= 4 is 32.5 Å². The quantitative estimate of drug-likeness (QED) is 0.680. The molecule has 2 rings (SSSR count). The molecule has 0 N–H and O–H groups in total. The van der Waals surface area contributed by atoms with Crippen molar-refractivity contribution in [2.75, 3.05) is 13.1 Å². The maximum absolute atomic E-state index is 12.3. The van der Waals surface area contributed by atoms with E-state index in [9.17, 15) is 8.42 Å². The van der Waals surface area contributed by atoms with Gasteiger partial charge in [0.25, 0.3) is 0 Å². The van der Waals surface area contributed by atoms with E-state index in [2.05, 4.69) is 11.7 Å². The Kier molecular flexibility index (Phi) is 3.84. The SMILES string of the molecule is O=S(=O)(c1ccccc1SS)N1CCCC1. The Morgan fingerprint density at radius 3 is 2.44 bits per heavy atom. The number of thiol groups is 1. The Hall–Kier alpha value is -0.170. The first-order valence-electron chi connectivity index (χ1n) is 5.07. The lowest BCUT2D eigenvalue weighted by Gasteiger charge is -2.16. The number of benzene rings is 1. The summed E-state index contributed by atoms with van der Waals surface area (Å²) in [6.45, 7) is 1.27. The van der Waals surface area contributed by atoms with Crippen molar-refractivity contribution in [2.45, 2.75) is 22.6 Å². The van der Waals surface area contributed by atoms with Crippen LogP contribution in [0.1, 0.15) is 12.8 Å². The molecular weight excluding hydrogens is 262 g/mol. The Labute approximate surface area is 105 Å². The molecule has 1 fully saturated rings. The van der Waals surface area contributed by atoms with Crippen LogP contribution >= 0.6 is 22.5 Å². The van der Waals surface area contributed by atoms with Crippen LogP contribution in [0.3, 0.4) is 0 Å². The van der Waals surface area contributed by atoms with Gasteiger partial charge in [-0.15, -0.1) is 11.7 Å². The van der Waals surface area contributed by atoms with Crippen molar-refractivity contribution < 1.29 is 8.42 Å². The van der Waals surface area contributed by atoms with E-state index in [1.165, 1.54) is 10.8 Å². The molecule has 0 aromatic heterocycles. The molecule has 1 aromatic carbocycles. The molecule has 0 aliphatic carbocycles. The van der Waals surface area contributed by atoms with Gasteiger partial charge in [-0.25, -0.2) is 8.42 Å². The first-order chi connectivity index (χ1) is 7.66. The lowest BCUT2D eigenvalue weighted by Crippen LogP contribution is -2.28. The van der Waals surface area contributed by atoms with Crippen LogP contribution in [0.15, 0.2) is 34.1 Å². The standard InChI is InChI=1S/C10H13NO2S3/c12-16(13,11-7-3-4-8-11)10-6-2-1-5-9(10)15-14/h1-2,5-6,14H,3-4,7-8H2. The Bertz CT molecular complexity index is 467. The number of sulfonamides is 1. The normalized spacial score (nSPS) is 17.8. The molecule has 1 saturated heterocycles. The molecule has 0 unspecified atom stereocenters. The zero-order valence-corrected chi connectivity index (χ0v) is 11.2. The summed E-state index contributed by atoms with van der Waals surface area (Å²) >= 11 is 4.09. The van der Waals surface area contributed by atoms with Gasteiger partial charge in [0.15, 0.2) is 0 Å². The third-order valence-electron chi connectivity index (χ3n) is 2.63. The largest absolute Gasteiger partial charge is 0.244 e. The summed E-state index contributed by atoms with van der Waals surface area (Å²) in [5, 5.41) is 0. The summed E-state index contributed by atoms with van der Waals surface area (Å²) in [5.41, 5.74) is 0. The summed E-state index contributed by atoms with van der Waals surface area (Å²) in [7, 11) is -2.15. The fraction of sp³-hybridized carbons (Fsp3) is 0.400. The minimum atomic E-state index is -3.32. The summed E-state index contributed by atoms with van der Waals surface area (Å²) in [4.78, 5) is 1.06. The van der Waals surface area contributed by atoms with Gasteiger partial charge in [0.05, 0.1) is 4.90 Å². The Morgan fingerprint density at radius 1 is 1.19 bits per heavy atom. The van der Waals surface area contributed by atoms with Gasteiger partial charge in [-0.3, -0.25) is 0 Å². The topological polar surface area (TPSA) is 37.4 Å². The number of hydrogen-bond donors (Lipinski definition) is 1. The highest BCUT2D eigenvalue weighted by atomic mass is 33.1. The van der Waals surface area contributed by atoms with Gasteiger partial charge < -0.3 is 0 Å². The first-order valence-corrected chi connectivity index (χ1v) is 8.38. The van der Waals surface area contributed by atoms with Crippen molar-refractivity contribution in [1.82, 2.24) is 4.31 Å². The molecule has 1 aromatic rings. The molecule has 3 nitrogen and oxygen atoms in total. The highest BCUT2D eigenvalue weighted by molar-refractivity contribution is 8.68. The van der Waals surface area contributed by atoms with Gasteiger partial charge in [-0.1, -0.05) is 22.9 Å². The molecule has 0 atom stereocenters. The highest BCUT2D eigenvalue weighted by Gasteiger charge is 2.28. The van der Waals surface area contributed by atoms with E-state index in [4.69, 9.17) is 0 Å². The lowest BCUT2D eigenvalue weighted by atomic mass is 10.4. The minimum absolute atomic E-state index is 0.372. The zero-order valence-electron chi connectivity index (χ0n) is 8.67. The summed E-state index contributed by atoms with van der Waals surface area (Å²) < 4.78 is 26.1. The number of nitrogens with zero attached hydrogens (tertiary/aromatic N) is 1. The van der Waals surface area contributed by atoms with Crippen LogP contribution < -0.4 is 0 Å². The average Bonchev–Trinajstić information content (AvgIpc) is 2.83. The van der Waals surface area contributed by atoms with Gasteiger partial charge in [0.1, 0.15) is 0 Å². The molecule has 0 spiro atoms. The van der Waals surface area contributed by atoms with Crippen molar-refractivity contribution in [1.29, 1.82) is 0 Å². The van der Waals surface area contributed by atoms with E-state index in [1.54, 1.807) is 22.5 Å². The fourth-order valence-corrected chi connectivity index (χ4v) is 4.80. The molecule has 0 amide bonds. The smallest absolute Gasteiger partial charge is 0.207 e. The Morgan fingerprint density at radius 2 is 1.81 bits per heavy atom. The molecule has 0 radical (unpaired) electrons. The maximum Gasteiger partial charge on any atom is 0.244 e. The average molecular weight is 275 g/mol. The van der Waals surface area contributed by atoms with Gasteiger partial charge in [0, 0.05) is 18.0 Å². The minimum Gasteiger partial charge on any atom is -0.207 e. The molecule has 0 bridgehead atoms. The van der Waals surface area contributed by atoms with E-state index in [1.807, 2.05) is 6.07 Å². The van der Waals surface area contributed by atoms with Crippen LogP contribution in [0.4, 0.5) is 0 Å². The Balaban J connectivity index is 2.42. The lowest BCUT2D eigenvalue weighted by molar-refractivity contribution is 0.476. The van der Waals surface area contributed by atoms with Crippen LogP contribution in [-0.4, -0.2) is 25.8 Å². The van der Waals surface area contributed by atoms with Crippen LogP contribution in [0.2, 0.25) is 0 Å². The second kappa shape index (κ2) is 5.00. The first kappa shape index (κ1) is 12.3. The zero-order chi connectivity index (χ0) is 11.6. The van der Waals surface area contributed by atoms with E-state index in [0.717, 1.165) is 12.8 Å². The summed E-state index contributed by atoms with van der Waals surface area (Å²) in [6.07, 6.45) is 1.91. The molecule has 6 heteroatoms. The molecular formula is C10H13NO2S3.